The summed E-state index contributed by atoms with van der Waals surface area (Å²) >= 11 is 0. The van der Waals surface area contributed by atoms with Gasteiger partial charge in [-0.05, 0) is 73.2 Å². The number of anilines is 2. The Morgan fingerprint density at radius 2 is 1.41 bits per heavy atom. The molecule has 6 nitrogen and oxygen atoms in total. The molecule has 1 N–H and O–H groups in total. The topological polar surface area (TPSA) is 75.7 Å². The van der Waals surface area contributed by atoms with E-state index in [9.17, 15) is 13.2 Å². The minimum Gasteiger partial charge on any atom is -0.457 e. The number of amides is 1. The molecule has 0 heterocycles. The maximum Gasteiger partial charge on any atom is 0.264 e. The number of hydrogen-bond acceptors (Lipinski definition) is 4. The largest absolute Gasteiger partial charge is 0.457 e. The number of hydrogen-bond donors (Lipinski definition) is 1. The van der Waals surface area contributed by atoms with Gasteiger partial charge in [0.1, 0.15) is 18.0 Å². The third kappa shape index (κ3) is 5.63. The number of nitrogens with one attached hydrogen (secondary N) is 1. The Morgan fingerprint density at radius 3 is 2.06 bits per heavy atom. The Balaban J connectivity index is 1.52. The molecule has 0 radical (unpaired) electrons. The maximum absolute atomic E-state index is 13.4. The van der Waals surface area contributed by atoms with E-state index in [1.165, 1.54) is 12.1 Å². The number of aryl methyl sites for hydroxylation is 1. The zero-order valence-corrected chi connectivity index (χ0v) is 19.4. The number of rotatable bonds is 8. The van der Waals surface area contributed by atoms with Crippen molar-refractivity contribution in [2.75, 3.05) is 16.2 Å². The minimum atomic E-state index is -3.95. The van der Waals surface area contributed by atoms with Crippen LogP contribution >= 0.6 is 0 Å². The molecule has 4 aromatic rings. The van der Waals surface area contributed by atoms with Crippen LogP contribution < -0.4 is 14.4 Å². The molecule has 0 spiro atoms. The van der Waals surface area contributed by atoms with Crippen LogP contribution in [0.5, 0.6) is 11.5 Å². The molecule has 1 amide bonds. The molecule has 0 aliphatic heterocycles. The fourth-order valence-corrected chi connectivity index (χ4v) is 4.81. The summed E-state index contributed by atoms with van der Waals surface area (Å²) < 4.78 is 33.6. The van der Waals surface area contributed by atoms with Crippen molar-refractivity contribution >= 4 is 27.3 Å². The van der Waals surface area contributed by atoms with Gasteiger partial charge < -0.3 is 10.1 Å². The van der Waals surface area contributed by atoms with Crippen molar-refractivity contribution in [1.29, 1.82) is 0 Å². The van der Waals surface area contributed by atoms with Gasteiger partial charge in [-0.2, -0.15) is 0 Å². The molecule has 7 heteroatoms. The second-order valence-electron chi connectivity index (χ2n) is 7.65. The van der Waals surface area contributed by atoms with Crippen LogP contribution in [0, 0.1) is 6.92 Å². The Labute approximate surface area is 199 Å². The molecule has 0 aliphatic carbocycles. The van der Waals surface area contributed by atoms with Crippen LogP contribution in [0.1, 0.15) is 5.56 Å². The lowest BCUT2D eigenvalue weighted by Crippen LogP contribution is -2.38. The van der Waals surface area contributed by atoms with Crippen molar-refractivity contribution in [2.45, 2.75) is 11.8 Å². The zero-order chi connectivity index (χ0) is 24.0. The minimum absolute atomic E-state index is 0.117. The highest BCUT2D eigenvalue weighted by Crippen LogP contribution is 2.25. The van der Waals surface area contributed by atoms with E-state index in [4.69, 9.17) is 4.74 Å². The first-order valence-electron chi connectivity index (χ1n) is 10.7. The SMILES string of the molecule is Cc1cccc(N(CC(=O)Nc2ccc(Oc3ccccc3)cc2)S(=O)(=O)c2ccccc2)c1. The fraction of sp³-hybridized carbons (Fsp3) is 0.0741. The van der Waals surface area contributed by atoms with Crippen molar-refractivity contribution in [3.63, 3.8) is 0 Å². The number of ether oxygens (including phenoxy) is 1. The van der Waals surface area contributed by atoms with E-state index >= 15 is 0 Å². The molecule has 0 aliphatic rings. The van der Waals surface area contributed by atoms with Crippen molar-refractivity contribution < 1.29 is 17.9 Å². The van der Waals surface area contributed by atoms with Gasteiger partial charge in [0.25, 0.3) is 10.0 Å². The normalized spacial score (nSPS) is 11.0. The van der Waals surface area contributed by atoms with Gasteiger partial charge in [0, 0.05) is 5.69 Å². The summed E-state index contributed by atoms with van der Waals surface area (Å²) in [7, 11) is -3.95. The van der Waals surface area contributed by atoms with Crippen molar-refractivity contribution in [3.8, 4) is 11.5 Å². The van der Waals surface area contributed by atoms with Gasteiger partial charge >= 0.3 is 0 Å². The number of carbonyl (C=O) groups excluding carboxylic acids is 1. The molecular formula is C27H24N2O4S. The Kier molecular flexibility index (Phi) is 6.94. The van der Waals surface area contributed by atoms with Gasteiger partial charge in [-0.1, -0.05) is 48.5 Å². The summed E-state index contributed by atoms with van der Waals surface area (Å²) in [5.41, 5.74) is 1.84. The van der Waals surface area contributed by atoms with E-state index in [1.807, 2.05) is 43.3 Å². The van der Waals surface area contributed by atoms with E-state index in [2.05, 4.69) is 5.32 Å². The Hall–Kier alpha value is -4.10. The standard InChI is InChI=1S/C27H24N2O4S/c1-21-9-8-10-23(19-21)29(34(31,32)26-13-6-3-7-14-26)20-27(30)28-22-15-17-25(18-16-22)33-24-11-4-2-5-12-24/h2-19H,20H2,1H3,(H,28,30). The molecular weight excluding hydrogens is 448 g/mol. The monoisotopic (exact) mass is 472 g/mol. The fourth-order valence-electron chi connectivity index (χ4n) is 3.38. The summed E-state index contributed by atoms with van der Waals surface area (Å²) in [6.07, 6.45) is 0. The van der Waals surface area contributed by atoms with Gasteiger partial charge in [0.05, 0.1) is 10.6 Å². The van der Waals surface area contributed by atoms with E-state index in [-0.39, 0.29) is 11.4 Å². The molecule has 0 saturated carbocycles. The van der Waals surface area contributed by atoms with Crippen LogP contribution in [0.4, 0.5) is 11.4 Å². The highest BCUT2D eigenvalue weighted by molar-refractivity contribution is 7.92. The van der Waals surface area contributed by atoms with E-state index in [0.717, 1.165) is 9.87 Å². The predicted octanol–water partition coefficient (Wildman–Crippen LogP) is 5.62. The van der Waals surface area contributed by atoms with Crippen LogP contribution in [-0.4, -0.2) is 20.9 Å². The lowest BCUT2D eigenvalue weighted by molar-refractivity contribution is -0.114. The number of nitrogens with zero attached hydrogens (tertiary/aromatic N) is 1. The van der Waals surface area contributed by atoms with Crippen molar-refractivity contribution in [3.05, 3.63) is 115 Å². The van der Waals surface area contributed by atoms with E-state index in [0.29, 0.717) is 22.9 Å². The lowest BCUT2D eigenvalue weighted by atomic mass is 10.2. The summed E-state index contributed by atoms with van der Waals surface area (Å²) in [5.74, 6) is 0.870. The van der Waals surface area contributed by atoms with Crippen molar-refractivity contribution in [2.24, 2.45) is 0 Å². The predicted molar refractivity (Wildman–Crippen MR) is 134 cm³/mol. The quantitative estimate of drug-likeness (QED) is 0.361. The zero-order valence-electron chi connectivity index (χ0n) is 18.6. The van der Waals surface area contributed by atoms with Crippen LogP contribution in [0.25, 0.3) is 0 Å². The highest BCUT2D eigenvalue weighted by Gasteiger charge is 2.27. The summed E-state index contributed by atoms with van der Waals surface area (Å²) in [6, 6.07) is 31.4. The molecule has 0 bridgehead atoms. The van der Waals surface area contributed by atoms with Gasteiger partial charge in [-0.15, -0.1) is 0 Å². The highest BCUT2D eigenvalue weighted by atomic mass is 32.2. The molecule has 4 rings (SSSR count). The first-order chi connectivity index (χ1) is 16.4. The van der Waals surface area contributed by atoms with Crippen LogP contribution in [-0.2, 0) is 14.8 Å². The third-order valence-electron chi connectivity index (χ3n) is 5.03. The number of carbonyl (C=O) groups is 1. The van der Waals surface area contributed by atoms with Gasteiger partial charge in [0.15, 0.2) is 0 Å². The summed E-state index contributed by atoms with van der Waals surface area (Å²) in [6.45, 7) is 1.50. The number of sulfonamides is 1. The second-order valence-corrected chi connectivity index (χ2v) is 9.51. The molecule has 0 aromatic heterocycles. The van der Waals surface area contributed by atoms with Crippen LogP contribution in [0.15, 0.2) is 114 Å². The van der Waals surface area contributed by atoms with Crippen molar-refractivity contribution in [1.82, 2.24) is 0 Å². The van der Waals surface area contributed by atoms with E-state index in [1.54, 1.807) is 60.7 Å². The molecule has 0 atom stereocenters. The summed E-state index contributed by atoms with van der Waals surface area (Å²) in [4.78, 5) is 13.0. The van der Waals surface area contributed by atoms with Crippen LogP contribution in [0.2, 0.25) is 0 Å². The van der Waals surface area contributed by atoms with Crippen LogP contribution in [0.3, 0.4) is 0 Å². The van der Waals surface area contributed by atoms with Gasteiger partial charge in [-0.3, -0.25) is 9.10 Å². The lowest BCUT2D eigenvalue weighted by Gasteiger charge is -2.24. The first-order valence-corrected chi connectivity index (χ1v) is 12.1. The molecule has 172 valence electrons. The van der Waals surface area contributed by atoms with Gasteiger partial charge in [0.2, 0.25) is 5.91 Å². The smallest absolute Gasteiger partial charge is 0.264 e. The summed E-state index contributed by atoms with van der Waals surface area (Å²) in [5, 5.41) is 2.77. The molecule has 0 fully saturated rings. The molecule has 4 aromatic carbocycles. The average Bonchev–Trinajstić information content (AvgIpc) is 2.85. The third-order valence-corrected chi connectivity index (χ3v) is 6.81. The molecule has 34 heavy (non-hydrogen) atoms. The average molecular weight is 473 g/mol. The maximum atomic E-state index is 13.4. The molecule has 0 unspecified atom stereocenters. The molecule has 0 saturated heterocycles. The Bertz CT molecular complexity index is 1360. The second kappa shape index (κ2) is 10.2. The Morgan fingerprint density at radius 1 is 0.794 bits per heavy atom. The number of benzene rings is 4. The first kappa shape index (κ1) is 23.1. The van der Waals surface area contributed by atoms with E-state index < -0.39 is 15.9 Å². The number of para-hydroxylation sites is 1. The van der Waals surface area contributed by atoms with Gasteiger partial charge in [-0.25, -0.2) is 8.42 Å².